The zero-order chi connectivity index (χ0) is 15.0. The summed E-state index contributed by atoms with van der Waals surface area (Å²) in [6.07, 6.45) is 0. The Labute approximate surface area is 133 Å². The van der Waals surface area contributed by atoms with Gasteiger partial charge in [0.15, 0.2) is 10.9 Å². The van der Waals surface area contributed by atoms with E-state index >= 15 is 0 Å². The molecule has 0 radical (unpaired) electrons. The monoisotopic (exact) mass is 314 g/mol. The van der Waals surface area contributed by atoms with E-state index in [1.807, 2.05) is 49.4 Å². The van der Waals surface area contributed by atoms with Crippen LogP contribution in [0.15, 0.2) is 47.4 Å². The van der Waals surface area contributed by atoms with Gasteiger partial charge in [0, 0.05) is 21.8 Å². The van der Waals surface area contributed by atoms with Crippen LogP contribution >= 0.6 is 24.4 Å². The molecule has 21 heavy (non-hydrogen) atoms. The van der Waals surface area contributed by atoms with Crippen LogP contribution in [-0.4, -0.2) is 10.9 Å². The second-order valence-electron chi connectivity index (χ2n) is 5.09. The van der Waals surface area contributed by atoms with Crippen molar-refractivity contribution < 1.29 is 9.59 Å². The molecule has 3 rings (SSSR count). The van der Waals surface area contributed by atoms with Gasteiger partial charge >= 0.3 is 0 Å². The van der Waals surface area contributed by atoms with Crippen molar-refractivity contribution in [2.75, 3.05) is 0 Å². The predicted molar refractivity (Wildman–Crippen MR) is 88.3 cm³/mol. The van der Waals surface area contributed by atoms with E-state index in [0.717, 1.165) is 27.3 Å². The van der Waals surface area contributed by atoms with Gasteiger partial charge in [0.05, 0.1) is 5.92 Å². The molecular weight excluding hydrogens is 300 g/mol. The number of hydrogen-bond donors (Lipinski definition) is 1. The van der Waals surface area contributed by atoms with Gasteiger partial charge < -0.3 is 0 Å². The average molecular weight is 314 g/mol. The number of rotatable bonds is 2. The van der Waals surface area contributed by atoms with Crippen molar-refractivity contribution in [3.63, 3.8) is 0 Å². The van der Waals surface area contributed by atoms with Crippen LogP contribution in [0.2, 0.25) is 0 Å². The topological polar surface area (TPSA) is 34.1 Å². The Hall–Kier alpha value is -1.52. The molecule has 1 aliphatic heterocycles. The molecule has 0 saturated heterocycles. The third-order valence-corrected chi connectivity index (χ3v) is 5.26. The van der Waals surface area contributed by atoms with Gasteiger partial charge in [-0.1, -0.05) is 37.3 Å². The third kappa shape index (κ3) is 2.65. The minimum absolute atomic E-state index is 0.0574. The van der Waals surface area contributed by atoms with Gasteiger partial charge in [-0.15, -0.1) is 24.4 Å². The second-order valence-corrected chi connectivity index (χ2v) is 6.55. The quantitative estimate of drug-likeness (QED) is 0.848. The van der Waals surface area contributed by atoms with Crippen molar-refractivity contribution in [3.05, 3.63) is 64.7 Å². The van der Waals surface area contributed by atoms with E-state index in [1.54, 1.807) is 11.8 Å². The van der Waals surface area contributed by atoms with Gasteiger partial charge in [-0.25, -0.2) is 0 Å². The fraction of sp³-hybridized carbons (Fsp3) is 0.176. The Balaban J connectivity index is 2.07. The van der Waals surface area contributed by atoms with Crippen LogP contribution in [0, 0.1) is 0 Å². The SMILES string of the molecule is CC(C(=O)S)c1ccc2c(c1)SCc1ccccc1C2=O. The van der Waals surface area contributed by atoms with Crippen LogP contribution in [-0.2, 0) is 10.5 Å². The van der Waals surface area contributed by atoms with Crippen molar-refractivity contribution in [1.29, 1.82) is 0 Å². The van der Waals surface area contributed by atoms with Gasteiger partial charge in [0.25, 0.3) is 0 Å². The first-order chi connectivity index (χ1) is 10.1. The highest BCUT2D eigenvalue weighted by Crippen LogP contribution is 2.35. The Bertz CT molecular complexity index is 737. The molecule has 2 aromatic rings. The molecule has 0 fully saturated rings. The molecule has 0 aliphatic carbocycles. The summed E-state index contributed by atoms with van der Waals surface area (Å²) >= 11 is 5.54. The van der Waals surface area contributed by atoms with Gasteiger partial charge in [0.1, 0.15) is 0 Å². The first-order valence-corrected chi connectivity index (χ1v) is 8.13. The molecule has 1 aliphatic rings. The molecule has 0 N–H and O–H groups in total. The number of benzene rings is 2. The fourth-order valence-electron chi connectivity index (χ4n) is 2.43. The number of fused-ring (bicyclic) bond motifs is 2. The van der Waals surface area contributed by atoms with Crippen LogP contribution < -0.4 is 0 Å². The normalized spacial score (nSPS) is 14.9. The molecule has 1 unspecified atom stereocenters. The van der Waals surface area contributed by atoms with E-state index in [9.17, 15) is 9.59 Å². The van der Waals surface area contributed by atoms with Crippen LogP contribution in [0.1, 0.15) is 39.9 Å². The lowest BCUT2D eigenvalue weighted by Gasteiger charge is -2.11. The van der Waals surface area contributed by atoms with Crippen LogP contribution in [0.25, 0.3) is 0 Å². The minimum Gasteiger partial charge on any atom is -0.289 e. The molecule has 2 nitrogen and oxygen atoms in total. The molecule has 0 saturated carbocycles. The maximum Gasteiger partial charge on any atom is 0.194 e. The summed E-state index contributed by atoms with van der Waals surface area (Å²) in [5.41, 5.74) is 3.45. The number of carbonyl (C=O) groups excluding carboxylic acids is 2. The summed E-state index contributed by atoms with van der Waals surface area (Å²) < 4.78 is 0. The van der Waals surface area contributed by atoms with Crippen LogP contribution in [0.5, 0.6) is 0 Å². The molecule has 0 spiro atoms. The summed E-state index contributed by atoms with van der Waals surface area (Å²) in [5, 5.41) is -0.164. The lowest BCUT2D eigenvalue weighted by atomic mass is 9.96. The standard InChI is InChI=1S/C17H14O2S2/c1-10(17(19)20)11-6-7-14-15(8-11)21-9-12-4-2-3-5-13(12)16(14)18/h2-8,10H,9H2,1H3,(H,19,20). The first-order valence-electron chi connectivity index (χ1n) is 6.70. The molecule has 1 heterocycles. The number of thioether (sulfide) groups is 1. The zero-order valence-electron chi connectivity index (χ0n) is 11.5. The Kier molecular flexibility index (Phi) is 3.91. The van der Waals surface area contributed by atoms with Crippen molar-refractivity contribution in [1.82, 2.24) is 0 Å². The zero-order valence-corrected chi connectivity index (χ0v) is 13.2. The highest BCUT2D eigenvalue weighted by atomic mass is 32.2. The lowest BCUT2D eigenvalue weighted by molar-refractivity contribution is -0.111. The molecule has 2 aromatic carbocycles. The number of thiol groups is 1. The second kappa shape index (κ2) is 5.70. The highest BCUT2D eigenvalue weighted by Gasteiger charge is 2.22. The fourth-order valence-corrected chi connectivity index (χ4v) is 3.67. The molecule has 0 amide bonds. The smallest absolute Gasteiger partial charge is 0.194 e. The molecule has 0 bridgehead atoms. The predicted octanol–water partition coefficient (Wildman–Crippen LogP) is 4.08. The average Bonchev–Trinajstić information content (AvgIpc) is 2.64. The maximum atomic E-state index is 12.6. The van der Waals surface area contributed by atoms with Crippen LogP contribution in [0.3, 0.4) is 0 Å². The van der Waals surface area contributed by atoms with E-state index in [0.29, 0.717) is 5.56 Å². The molecular formula is C17H14O2S2. The largest absolute Gasteiger partial charge is 0.289 e. The highest BCUT2D eigenvalue weighted by molar-refractivity contribution is 7.98. The Morgan fingerprint density at radius 1 is 1.19 bits per heavy atom. The summed E-state index contributed by atoms with van der Waals surface area (Å²) in [6, 6.07) is 13.3. The lowest BCUT2D eigenvalue weighted by Crippen LogP contribution is -2.06. The Morgan fingerprint density at radius 2 is 1.95 bits per heavy atom. The number of carbonyl (C=O) groups is 2. The van der Waals surface area contributed by atoms with E-state index in [-0.39, 0.29) is 16.8 Å². The van der Waals surface area contributed by atoms with E-state index in [2.05, 4.69) is 12.6 Å². The number of hydrogen-bond acceptors (Lipinski definition) is 3. The van der Waals surface area contributed by atoms with Crippen molar-refractivity contribution in [2.24, 2.45) is 0 Å². The van der Waals surface area contributed by atoms with Crippen molar-refractivity contribution >= 4 is 35.3 Å². The van der Waals surface area contributed by atoms with E-state index in [4.69, 9.17) is 0 Å². The third-order valence-electron chi connectivity index (χ3n) is 3.77. The van der Waals surface area contributed by atoms with Gasteiger partial charge in [-0.05, 0) is 23.3 Å². The maximum absolute atomic E-state index is 12.6. The van der Waals surface area contributed by atoms with E-state index < -0.39 is 0 Å². The summed E-state index contributed by atoms with van der Waals surface area (Å²) in [6.45, 7) is 1.83. The Morgan fingerprint density at radius 3 is 2.71 bits per heavy atom. The van der Waals surface area contributed by atoms with Gasteiger partial charge in [0.2, 0.25) is 0 Å². The molecule has 4 heteroatoms. The van der Waals surface area contributed by atoms with Gasteiger partial charge in [-0.2, -0.15) is 0 Å². The van der Waals surface area contributed by atoms with E-state index in [1.165, 1.54) is 0 Å². The molecule has 106 valence electrons. The van der Waals surface area contributed by atoms with Crippen molar-refractivity contribution in [3.8, 4) is 0 Å². The summed E-state index contributed by atoms with van der Waals surface area (Å²) in [7, 11) is 0. The van der Waals surface area contributed by atoms with Crippen LogP contribution in [0.4, 0.5) is 0 Å². The minimum atomic E-state index is -0.264. The first kappa shape index (κ1) is 14.4. The summed E-state index contributed by atoms with van der Waals surface area (Å²) in [5.74, 6) is 0.559. The molecule has 0 aromatic heterocycles. The van der Waals surface area contributed by atoms with Crippen molar-refractivity contribution in [2.45, 2.75) is 23.5 Å². The number of ketones is 1. The summed E-state index contributed by atoms with van der Waals surface area (Å²) in [4.78, 5) is 25.0. The molecule has 1 atom stereocenters. The van der Waals surface area contributed by atoms with Gasteiger partial charge in [-0.3, -0.25) is 9.59 Å².